The highest BCUT2D eigenvalue weighted by Gasteiger charge is 2.28. The van der Waals surface area contributed by atoms with Crippen molar-refractivity contribution in [3.05, 3.63) is 60.2 Å². The number of hydrogen-bond donors (Lipinski definition) is 1. The van der Waals surface area contributed by atoms with Crippen molar-refractivity contribution in [3.63, 3.8) is 0 Å². The van der Waals surface area contributed by atoms with Gasteiger partial charge in [-0.2, -0.15) is 0 Å². The van der Waals surface area contributed by atoms with E-state index in [1.807, 2.05) is 31.2 Å². The Labute approximate surface area is 159 Å². The highest BCUT2D eigenvalue weighted by atomic mass is 32.2. The van der Waals surface area contributed by atoms with Crippen LogP contribution in [0, 0.1) is 0 Å². The molecule has 2 aromatic carbocycles. The first-order valence-electron chi connectivity index (χ1n) is 8.63. The van der Waals surface area contributed by atoms with Gasteiger partial charge in [0.2, 0.25) is 15.9 Å². The van der Waals surface area contributed by atoms with Gasteiger partial charge in [-0.15, -0.1) is 0 Å². The van der Waals surface area contributed by atoms with Crippen LogP contribution in [0.5, 0.6) is 5.75 Å². The van der Waals surface area contributed by atoms with Gasteiger partial charge in [0.05, 0.1) is 18.6 Å². The molecule has 0 atom stereocenters. The minimum Gasteiger partial charge on any atom is -0.497 e. The molecule has 1 heterocycles. The minimum atomic E-state index is -3.25. The van der Waals surface area contributed by atoms with Gasteiger partial charge in [0.1, 0.15) is 5.75 Å². The number of sulfonamides is 1. The summed E-state index contributed by atoms with van der Waals surface area (Å²) in [5.41, 5.74) is 2.86. The summed E-state index contributed by atoms with van der Waals surface area (Å²) in [5.74, 6) is 0.641. The predicted molar refractivity (Wildman–Crippen MR) is 107 cm³/mol. The molecule has 0 aliphatic carbocycles. The molecule has 0 radical (unpaired) electrons. The second-order valence-corrected chi connectivity index (χ2v) is 8.35. The summed E-state index contributed by atoms with van der Waals surface area (Å²) < 4.78 is 30.6. The predicted octanol–water partition coefficient (Wildman–Crippen LogP) is 3.28. The Hall–Kier alpha value is -2.80. The number of benzene rings is 2. The van der Waals surface area contributed by atoms with Crippen LogP contribution in [0.25, 0.3) is 5.57 Å². The number of nitrogens with zero attached hydrogens (tertiary/aromatic N) is 1. The van der Waals surface area contributed by atoms with Crippen LogP contribution in [0.1, 0.15) is 18.9 Å². The Kier molecular flexibility index (Phi) is 5.51. The molecule has 7 heteroatoms. The minimum absolute atomic E-state index is 0.160. The number of amides is 1. The number of methoxy groups -OCH3 is 1. The molecule has 6 nitrogen and oxygen atoms in total. The number of rotatable bonds is 5. The molecule has 2 aromatic rings. The third kappa shape index (κ3) is 4.49. The molecule has 142 valence electrons. The summed E-state index contributed by atoms with van der Waals surface area (Å²) in [6.45, 7) is 2.32. The molecule has 1 aliphatic rings. The number of nitrogens with one attached hydrogen (secondary N) is 1. The zero-order valence-corrected chi connectivity index (χ0v) is 16.1. The second-order valence-electron chi connectivity index (χ2n) is 6.34. The van der Waals surface area contributed by atoms with Crippen molar-refractivity contribution in [3.8, 4) is 5.75 Å². The molecule has 1 saturated heterocycles. The van der Waals surface area contributed by atoms with Crippen molar-refractivity contribution >= 4 is 32.9 Å². The largest absolute Gasteiger partial charge is 0.497 e. The molecule has 0 aromatic heterocycles. The first-order valence-corrected chi connectivity index (χ1v) is 10.2. The molecule has 0 unspecified atom stereocenters. The normalized spacial score (nSPS) is 16.2. The average molecular weight is 386 g/mol. The fourth-order valence-electron chi connectivity index (χ4n) is 2.98. The van der Waals surface area contributed by atoms with Crippen molar-refractivity contribution in [1.29, 1.82) is 0 Å². The lowest BCUT2D eigenvalue weighted by Crippen LogP contribution is -2.25. The number of carbonyl (C=O) groups excluding carboxylic acids is 1. The van der Waals surface area contributed by atoms with E-state index >= 15 is 0 Å². The van der Waals surface area contributed by atoms with E-state index in [0.29, 0.717) is 24.3 Å². The quantitative estimate of drug-likeness (QED) is 0.800. The zero-order valence-electron chi connectivity index (χ0n) is 15.3. The summed E-state index contributed by atoms with van der Waals surface area (Å²) in [5, 5.41) is 2.79. The molecule has 3 rings (SSSR count). The first kappa shape index (κ1) is 19.0. The van der Waals surface area contributed by atoms with Gasteiger partial charge in [0, 0.05) is 18.3 Å². The third-order valence-electron chi connectivity index (χ3n) is 4.39. The van der Waals surface area contributed by atoms with E-state index in [1.54, 1.807) is 31.4 Å². The van der Waals surface area contributed by atoms with Gasteiger partial charge in [-0.3, -0.25) is 9.10 Å². The van der Waals surface area contributed by atoms with E-state index in [9.17, 15) is 13.2 Å². The lowest BCUT2D eigenvalue weighted by atomic mass is 10.1. The summed E-state index contributed by atoms with van der Waals surface area (Å²) in [4.78, 5) is 12.3. The summed E-state index contributed by atoms with van der Waals surface area (Å²) in [7, 11) is -1.64. The Morgan fingerprint density at radius 3 is 2.56 bits per heavy atom. The van der Waals surface area contributed by atoms with Gasteiger partial charge in [0.15, 0.2) is 0 Å². The van der Waals surface area contributed by atoms with E-state index in [4.69, 9.17) is 4.74 Å². The molecule has 0 saturated carbocycles. The van der Waals surface area contributed by atoms with Crippen molar-refractivity contribution in [1.82, 2.24) is 0 Å². The fourth-order valence-corrected chi connectivity index (χ4v) is 4.54. The molecular weight excluding hydrogens is 364 g/mol. The van der Waals surface area contributed by atoms with Crippen molar-refractivity contribution in [2.45, 2.75) is 13.3 Å². The van der Waals surface area contributed by atoms with Crippen LogP contribution in [-0.2, 0) is 14.8 Å². The van der Waals surface area contributed by atoms with Crippen LogP contribution in [0.3, 0.4) is 0 Å². The molecule has 0 bridgehead atoms. The monoisotopic (exact) mass is 386 g/mol. The number of allylic oxidation sites excluding steroid dienone is 1. The number of ether oxygens (including phenoxy) is 1. The molecule has 1 N–H and O–H groups in total. The van der Waals surface area contributed by atoms with Gasteiger partial charge in [0.25, 0.3) is 0 Å². The molecular formula is C20H22N2O4S. The third-order valence-corrected chi connectivity index (χ3v) is 6.26. The number of carbonyl (C=O) groups is 1. The van der Waals surface area contributed by atoms with E-state index in [-0.39, 0.29) is 11.7 Å². The van der Waals surface area contributed by atoms with Crippen LogP contribution in [-0.4, -0.2) is 33.7 Å². The standard InChI is InChI=1S/C20H22N2O4S/c1-15(16-7-9-19(26-2)10-8-16)13-20(23)21-17-5-3-6-18(14-17)22-11-4-12-27(22,24)25/h3,5-10,13-14H,4,11-12H2,1-2H3,(H,21,23). The second kappa shape index (κ2) is 7.84. The van der Waals surface area contributed by atoms with Crippen molar-refractivity contribution in [2.75, 3.05) is 29.0 Å². The molecule has 1 amide bonds. The van der Waals surface area contributed by atoms with Gasteiger partial charge in [-0.25, -0.2) is 8.42 Å². The Morgan fingerprint density at radius 1 is 1.19 bits per heavy atom. The van der Waals surface area contributed by atoms with Crippen molar-refractivity contribution in [2.24, 2.45) is 0 Å². The highest BCUT2D eigenvalue weighted by Crippen LogP contribution is 2.26. The van der Waals surface area contributed by atoms with Crippen molar-refractivity contribution < 1.29 is 17.9 Å². The van der Waals surface area contributed by atoms with Crippen LogP contribution < -0.4 is 14.4 Å². The number of anilines is 2. The summed E-state index contributed by atoms with van der Waals surface area (Å²) in [6, 6.07) is 14.3. The maximum Gasteiger partial charge on any atom is 0.248 e. The molecule has 1 aliphatic heterocycles. The van der Waals surface area contributed by atoms with Gasteiger partial charge < -0.3 is 10.1 Å². The van der Waals surface area contributed by atoms with Crippen LogP contribution in [0.2, 0.25) is 0 Å². The SMILES string of the molecule is COc1ccc(C(C)=CC(=O)Nc2cccc(N3CCCS3(=O)=O)c2)cc1. The van der Waals surface area contributed by atoms with Gasteiger partial charge >= 0.3 is 0 Å². The summed E-state index contributed by atoms with van der Waals surface area (Å²) >= 11 is 0. The maximum absolute atomic E-state index is 12.3. The zero-order chi connectivity index (χ0) is 19.4. The van der Waals surface area contributed by atoms with Crippen LogP contribution in [0.4, 0.5) is 11.4 Å². The Balaban J connectivity index is 1.73. The van der Waals surface area contributed by atoms with Crippen LogP contribution >= 0.6 is 0 Å². The molecule has 27 heavy (non-hydrogen) atoms. The smallest absolute Gasteiger partial charge is 0.248 e. The topological polar surface area (TPSA) is 75.7 Å². The van der Waals surface area contributed by atoms with E-state index in [1.165, 1.54) is 10.4 Å². The first-order chi connectivity index (χ1) is 12.9. The average Bonchev–Trinajstić information content (AvgIpc) is 3.01. The van der Waals surface area contributed by atoms with E-state index < -0.39 is 10.0 Å². The maximum atomic E-state index is 12.3. The summed E-state index contributed by atoms with van der Waals surface area (Å²) in [6.07, 6.45) is 2.13. The van der Waals surface area contributed by atoms with Crippen LogP contribution in [0.15, 0.2) is 54.6 Å². The Bertz CT molecular complexity index is 966. The van der Waals surface area contributed by atoms with Gasteiger partial charge in [-0.1, -0.05) is 18.2 Å². The van der Waals surface area contributed by atoms with E-state index in [0.717, 1.165) is 16.9 Å². The number of hydrogen-bond acceptors (Lipinski definition) is 4. The van der Waals surface area contributed by atoms with E-state index in [2.05, 4.69) is 5.32 Å². The Morgan fingerprint density at radius 2 is 1.93 bits per heavy atom. The fraction of sp³-hybridized carbons (Fsp3) is 0.250. The highest BCUT2D eigenvalue weighted by molar-refractivity contribution is 7.93. The van der Waals surface area contributed by atoms with Gasteiger partial charge in [-0.05, 0) is 54.8 Å². The molecule has 1 fully saturated rings. The lowest BCUT2D eigenvalue weighted by Gasteiger charge is -2.17. The lowest BCUT2D eigenvalue weighted by molar-refractivity contribution is -0.111. The molecule has 0 spiro atoms.